The van der Waals surface area contributed by atoms with Gasteiger partial charge >= 0.3 is 0 Å². The van der Waals surface area contributed by atoms with Crippen molar-refractivity contribution in [2.45, 2.75) is 19.0 Å². The number of nitrogens with two attached hydrogens (primary N) is 1. The average molecular weight is 236 g/mol. The zero-order chi connectivity index (χ0) is 11.0. The predicted octanol–water partition coefficient (Wildman–Crippen LogP) is 0.0710. The van der Waals surface area contributed by atoms with Crippen LogP contribution >= 0.6 is 21.6 Å². The van der Waals surface area contributed by atoms with E-state index in [9.17, 15) is 9.59 Å². The smallest absolute Gasteiger partial charge is 0.147 e. The molecule has 0 heterocycles. The van der Waals surface area contributed by atoms with Gasteiger partial charge in [-0.1, -0.05) is 21.6 Å². The first-order valence-corrected chi connectivity index (χ1v) is 6.73. The molecule has 0 spiro atoms. The Morgan fingerprint density at radius 3 is 2.50 bits per heavy atom. The maximum absolute atomic E-state index is 11.0. The molecular formula is C8H16N2O2S2. The van der Waals surface area contributed by atoms with E-state index in [1.165, 1.54) is 10.8 Å². The van der Waals surface area contributed by atoms with Crippen LogP contribution in [0.1, 0.15) is 6.92 Å². The summed E-state index contributed by atoms with van der Waals surface area (Å²) in [7, 11) is 4.83. The second-order valence-corrected chi connectivity index (χ2v) is 5.37. The lowest BCUT2D eigenvalue weighted by Crippen LogP contribution is -2.34. The van der Waals surface area contributed by atoms with E-state index in [1.54, 1.807) is 24.8 Å². The molecule has 0 saturated heterocycles. The first-order valence-electron chi connectivity index (χ1n) is 4.24. The monoisotopic (exact) mass is 236 g/mol. The summed E-state index contributed by atoms with van der Waals surface area (Å²) < 4.78 is 0. The number of hydrogen-bond acceptors (Lipinski definition) is 6. The molecule has 3 N–H and O–H groups in total. The van der Waals surface area contributed by atoms with Crippen LogP contribution in [-0.2, 0) is 9.59 Å². The molecule has 0 aromatic heterocycles. The van der Waals surface area contributed by atoms with Gasteiger partial charge in [-0.15, -0.1) is 0 Å². The van der Waals surface area contributed by atoms with Gasteiger partial charge in [-0.05, 0) is 14.0 Å². The van der Waals surface area contributed by atoms with Gasteiger partial charge in [0.15, 0.2) is 0 Å². The van der Waals surface area contributed by atoms with Crippen molar-refractivity contribution < 1.29 is 9.59 Å². The zero-order valence-electron chi connectivity index (χ0n) is 8.36. The highest BCUT2D eigenvalue weighted by Gasteiger charge is 2.11. The van der Waals surface area contributed by atoms with E-state index in [0.717, 1.165) is 6.29 Å². The number of aldehydes is 1. The number of hydrogen-bond donors (Lipinski definition) is 2. The lowest BCUT2D eigenvalue weighted by Gasteiger charge is -2.11. The van der Waals surface area contributed by atoms with Crippen molar-refractivity contribution >= 4 is 33.7 Å². The number of rotatable bonds is 8. The molecule has 0 fully saturated rings. The molecule has 4 nitrogen and oxygen atoms in total. The highest BCUT2D eigenvalue weighted by molar-refractivity contribution is 8.76. The third-order valence-corrected chi connectivity index (χ3v) is 4.07. The van der Waals surface area contributed by atoms with Crippen LogP contribution in [0, 0.1) is 0 Å². The van der Waals surface area contributed by atoms with Crippen LogP contribution in [0.2, 0.25) is 0 Å². The molecule has 0 rings (SSSR count). The molecule has 0 aromatic rings. The van der Waals surface area contributed by atoms with E-state index in [-0.39, 0.29) is 11.8 Å². The fourth-order valence-electron chi connectivity index (χ4n) is 0.686. The Labute approximate surface area is 92.2 Å². The molecule has 0 aliphatic heterocycles. The molecule has 6 heteroatoms. The van der Waals surface area contributed by atoms with Crippen molar-refractivity contribution in [2.75, 3.05) is 18.6 Å². The maximum Gasteiger partial charge on any atom is 0.147 e. The molecule has 0 saturated carbocycles. The van der Waals surface area contributed by atoms with Crippen molar-refractivity contribution in [3.05, 3.63) is 0 Å². The van der Waals surface area contributed by atoms with Crippen molar-refractivity contribution in [3.63, 3.8) is 0 Å². The van der Waals surface area contributed by atoms with E-state index in [1.807, 2.05) is 0 Å². The summed E-state index contributed by atoms with van der Waals surface area (Å²) in [5.74, 6) is 1.41. The summed E-state index contributed by atoms with van der Waals surface area (Å²) in [6, 6.07) is -0.516. The minimum absolute atomic E-state index is 0.111. The number of carbonyl (C=O) groups is 2. The van der Waals surface area contributed by atoms with Crippen molar-refractivity contribution in [3.8, 4) is 0 Å². The van der Waals surface area contributed by atoms with Gasteiger partial charge in [-0.25, -0.2) is 0 Å². The summed E-state index contributed by atoms with van der Waals surface area (Å²) in [5, 5.41) is 2.92. The Morgan fingerprint density at radius 1 is 1.50 bits per heavy atom. The molecule has 14 heavy (non-hydrogen) atoms. The van der Waals surface area contributed by atoms with E-state index in [4.69, 9.17) is 5.73 Å². The van der Waals surface area contributed by atoms with Gasteiger partial charge in [0.25, 0.3) is 0 Å². The number of ketones is 1. The standard InChI is InChI=1S/C8H16N2O2S2/c1-6(12)8(10-2)5-14-13-4-7(9)3-11/h3,7-8,10H,4-5,9H2,1-2H3/t7-,8+/m1/s1. The van der Waals surface area contributed by atoms with E-state index >= 15 is 0 Å². The van der Waals surface area contributed by atoms with Crippen LogP contribution in [0.15, 0.2) is 0 Å². The lowest BCUT2D eigenvalue weighted by molar-refractivity contribution is -0.118. The van der Waals surface area contributed by atoms with Crippen LogP contribution < -0.4 is 11.1 Å². The second kappa shape index (κ2) is 8.28. The molecule has 0 aromatic carbocycles. The normalized spacial score (nSPS) is 14.8. The first kappa shape index (κ1) is 14.0. The molecular weight excluding hydrogens is 220 g/mol. The Morgan fingerprint density at radius 2 is 2.07 bits per heavy atom. The van der Waals surface area contributed by atoms with Gasteiger partial charge in [0, 0.05) is 11.5 Å². The van der Waals surface area contributed by atoms with E-state index < -0.39 is 6.04 Å². The summed E-state index contributed by atoms with van der Waals surface area (Å²) in [4.78, 5) is 21.2. The summed E-state index contributed by atoms with van der Waals surface area (Å²) in [6.45, 7) is 1.56. The van der Waals surface area contributed by atoms with Gasteiger partial charge in [-0.2, -0.15) is 0 Å². The molecule has 0 amide bonds. The van der Waals surface area contributed by atoms with Crippen molar-refractivity contribution in [1.29, 1.82) is 0 Å². The topological polar surface area (TPSA) is 72.2 Å². The molecule has 0 aliphatic carbocycles. The molecule has 82 valence electrons. The average Bonchev–Trinajstić information content (AvgIpc) is 2.16. The minimum Gasteiger partial charge on any atom is -0.321 e. The summed E-state index contributed by atoms with van der Waals surface area (Å²) in [5.41, 5.74) is 5.40. The number of Topliss-reactive ketones (excluding diaryl/α,β-unsaturated/α-hetero) is 1. The molecule has 0 bridgehead atoms. The largest absolute Gasteiger partial charge is 0.321 e. The highest BCUT2D eigenvalue weighted by Crippen LogP contribution is 2.22. The Kier molecular flexibility index (Phi) is 8.26. The highest BCUT2D eigenvalue weighted by atomic mass is 33.1. The third kappa shape index (κ3) is 6.42. The second-order valence-electron chi connectivity index (χ2n) is 2.82. The van der Waals surface area contributed by atoms with E-state index in [0.29, 0.717) is 11.5 Å². The fraction of sp³-hybridized carbons (Fsp3) is 0.750. The predicted molar refractivity (Wildman–Crippen MR) is 62.5 cm³/mol. The summed E-state index contributed by atoms with van der Waals surface area (Å²) in [6.07, 6.45) is 0.730. The lowest BCUT2D eigenvalue weighted by atomic mass is 10.2. The van der Waals surface area contributed by atoms with Crippen molar-refractivity contribution in [2.24, 2.45) is 5.73 Å². The van der Waals surface area contributed by atoms with Crippen LogP contribution in [0.25, 0.3) is 0 Å². The van der Waals surface area contributed by atoms with Gasteiger partial charge in [0.2, 0.25) is 0 Å². The van der Waals surface area contributed by atoms with Crippen LogP contribution in [0.4, 0.5) is 0 Å². The molecule has 0 unspecified atom stereocenters. The summed E-state index contributed by atoms with van der Waals surface area (Å²) >= 11 is 0. The molecule has 2 atom stereocenters. The quantitative estimate of drug-likeness (QED) is 0.353. The van der Waals surface area contributed by atoms with Crippen molar-refractivity contribution in [1.82, 2.24) is 5.32 Å². The zero-order valence-corrected chi connectivity index (χ0v) is 9.99. The number of likely N-dealkylation sites (N-methyl/N-ethyl adjacent to an activating group) is 1. The minimum atomic E-state index is -0.405. The van der Waals surface area contributed by atoms with Gasteiger partial charge in [-0.3, -0.25) is 4.79 Å². The maximum atomic E-state index is 11.0. The van der Waals surface area contributed by atoms with Gasteiger partial charge in [0.05, 0.1) is 12.1 Å². The van der Waals surface area contributed by atoms with Crippen LogP contribution in [0.5, 0.6) is 0 Å². The Balaban J connectivity index is 3.52. The first-order chi connectivity index (χ1) is 6.61. The Hall–Kier alpha value is -0.0400. The SMILES string of the molecule is CN[C@@H](CSSC[C@H](N)C=O)C(C)=O. The third-order valence-electron chi connectivity index (χ3n) is 1.59. The number of nitrogens with one attached hydrogen (secondary N) is 1. The number of carbonyl (C=O) groups excluding carboxylic acids is 2. The van der Waals surface area contributed by atoms with Crippen LogP contribution in [-0.4, -0.2) is 42.7 Å². The van der Waals surface area contributed by atoms with Gasteiger partial charge in [0.1, 0.15) is 12.1 Å². The molecule has 0 aliphatic rings. The van der Waals surface area contributed by atoms with Crippen LogP contribution in [0.3, 0.4) is 0 Å². The van der Waals surface area contributed by atoms with Gasteiger partial charge < -0.3 is 15.8 Å². The fourth-order valence-corrected chi connectivity index (χ4v) is 3.11. The molecule has 0 radical (unpaired) electrons. The van der Waals surface area contributed by atoms with E-state index in [2.05, 4.69) is 5.32 Å². The Bertz CT molecular complexity index is 190.